The van der Waals surface area contributed by atoms with Gasteiger partial charge in [0.1, 0.15) is 18.1 Å². The molecule has 8 N–H and O–H groups in total. The van der Waals surface area contributed by atoms with Crippen LogP contribution in [0.5, 0.6) is 0 Å². The van der Waals surface area contributed by atoms with Crippen LogP contribution in [0.2, 0.25) is 0 Å². The van der Waals surface area contributed by atoms with Crippen LogP contribution in [-0.2, 0) is 28.8 Å². The molecule has 0 fully saturated rings. The molecule has 0 rings (SSSR count). The highest BCUT2D eigenvalue weighted by Gasteiger charge is 2.31. The minimum Gasteiger partial charge on any atom is -0.481 e. The van der Waals surface area contributed by atoms with Gasteiger partial charge in [-0.15, -0.1) is 0 Å². The molecule has 0 saturated heterocycles. The second kappa shape index (κ2) is 14.8. The molecule has 4 atom stereocenters. The van der Waals surface area contributed by atoms with Gasteiger partial charge in [0.2, 0.25) is 17.7 Å². The number of carboxylic acids is 3. The van der Waals surface area contributed by atoms with Crippen molar-refractivity contribution in [3.05, 3.63) is 0 Å². The molecule has 34 heavy (non-hydrogen) atoms. The maximum absolute atomic E-state index is 12.9. The molecule has 13 heteroatoms. The number of carbonyl (C=O) groups is 6. The first-order valence-electron chi connectivity index (χ1n) is 11.0. The maximum Gasteiger partial charge on any atom is 0.326 e. The van der Waals surface area contributed by atoms with Crippen LogP contribution in [0.15, 0.2) is 0 Å². The number of aliphatic carboxylic acids is 3. The molecule has 0 aromatic rings. The first kappa shape index (κ1) is 30.8. The van der Waals surface area contributed by atoms with E-state index in [1.807, 2.05) is 19.2 Å². The van der Waals surface area contributed by atoms with Crippen LogP contribution >= 0.6 is 0 Å². The molecule has 0 aliphatic rings. The zero-order valence-corrected chi connectivity index (χ0v) is 19.9. The van der Waals surface area contributed by atoms with Crippen LogP contribution in [0.3, 0.4) is 0 Å². The van der Waals surface area contributed by atoms with Gasteiger partial charge in [0.25, 0.3) is 0 Å². The van der Waals surface area contributed by atoms with Gasteiger partial charge in [0.15, 0.2) is 0 Å². The lowest BCUT2D eigenvalue weighted by atomic mass is 10.00. The van der Waals surface area contributed by atoms with E-state index in [0.29, 0.717) is 6.42 Å². The van der Waals surface area contributed by atoms with Gasteiger partial charge in [-0.05, 0) is 31.1 Å². The van der Waals surface area contributed by atoms with Crippen molar-refractivity contribution in [2.75, 3.05) is 0 Å². The van der Waals surface area contributed by atoms with E-state index >= 15 is 0 Å². The molecule has 0 radical (unpaired) electrons. The Kier molecular flexibility index (Phi) is 13.4. The number of carboxylic acid groups (broad SMARTS) is 3. The Morgan fingerprint density at radius 1 is 0.676 bits per heavy atom. The lowest BCUT2D eigenvalue weighted by Crippen LogP contribution is -2.57. The molecular formula is C21H36N4O9. The monoisotopic (exact) mass is 488 g/mol. The summed E-state index contributed by atoms with van der Waals surface area (Å²) in [6.45, 7) is 7.37. The molecule has 13 nitrogen and oxygen atoms in total. The average molecular weight is 489 g/mol. The number of hydrogen-bond donors (Lipinski definition) is 7. The molecule has 0 aliphatic heterocycles. The van der Waals surface area contributed by atoms with Gasteiger partial charge in [-0.2, -0.15) is 0 Å². The Labute approximate surface area is 197 Å². The summed E-state index contributed by atoms with van der Waals surface area (Å²) in [5.74, 6) is -6.67. The van der Waals surface area contributed by atoms with Crippen molar-refractivity contribution in [1.82, 2.24) is 16.0 Å². The van der Waals surface area contributed by atoms with Crippen molar-refractivity contribution in [2.24, 2.45) is 17.6 Å². The summed E-state index contributed by atoms with van der Waals surface area (Å²) in [5.41, 5.74) is 5.87. The molecule has 194 valence electrons. The highest BCUT2D eigenvalue weighted by Crippen LogP contribution is 2.09. The predicted molar refractivity (Wildman–Crippen MR) is 119 cm³/mol. The number of nitrogens with one attached hydrogen (secondary N) is 3. The van der Waals surface area contributed by atoms with Crippen LogP contribution in [0.25, 0.3) is 0 Å². The van der Waals surface area contributed by atoms with Crippen LogP contribution in [-0.4, -0.2) is 75.1 Å². The molecular weight excluding hydrogens is 452 g/mol. The van der Waals surface area contributed by atoms with Gasteiger partial charge in [-0.25, -0.2) is 4.79 Å². The van der Waals surface area contributed by atoms with E-state index in [9.17, 15) is 28.8 Å². The molecule has 0 saturated carbocycles. The maximum atomic E-state index is 12.9. The second-order valence-electron chi connectivity index (χ2n) is 8.92. The third kappa shape index (κ3) is 12.7. The van der Waals surface area contributed by atoms with Crippen molar-refractivity contribution in [2.45, 2.75) is 84.0 Å². The second-order valence-corrected chi connectivity index (χ2v) is 8.92. The van der Waals surface area contributed by atoms with Crippen LogP contribution in [0.4, 0.5) is 0 Å². The van der Waals surface area contributed by atoms with Crippen LogP contribution in [0, 0.1) is 11.8 Å². The molecule has 0 aromatic heterocycles. The van der Waals surface area contributed by atoms with Crippen molar-refractivity contribution >= 4 is 35.6 Å². The van der Waals surface area contributed by atoms with E-state index in [1.54, 1.807) is 13.8 Å². The van der Waals surface area contributed by atoms with Gasteiger partial charge >= 0.3 is 17.9 Å². The topological polar surface area (TPSA) is 225 Å². The van der Waals surface area contributed by atoms with Gasteiger partial charge < -0.3 is 37.0 Å². The highest BCUT2D eigenvalue weighted by atomic mass is 16.4. The quantitative estimate of drug-likeness (QED) is 0.144. The number of amides is 3. The molecule has 0 aromatic carbocycles. The van der Waals surface area contributed by atoms with E-state index in [0.717, 1.165) is 0 Å². The average Bonchev–Trinajstić information content (AvgIpc) is 2.68. The Balaban J connectivity index is 5.59. The summed E-state index contributed by atoms with van der Waals surface area (Å²) >= 11 is 0. The minimum atomic E-state index is -1.78. The van der Waals surface area contributed by atoms with Crippen molar-refractivity contribution in [3.8, 4) is 0 Å². The normalized spacial score (nSPS) is 14.6. The first-order valence-corrected chi connectivity index (χ1v) is 11.0. The minimum absolute atomic E-state index is 0.0457. The van der Waals surface area contributed by atoms with E-state index in [-0.39, 0.29) is 24.7 Å². The number of hydrogen-bond acceptors (Lipinski definition) is 7. The Morgan fingerprint density at radius 3 is 1.59 bits per heavy atom. The third-order valence-electron chi connectivity index (χ3n) is 4.68. The molecule has 4 unspecified atom stereocenters. The number of carbonyl (C=O) groups excluding carboxylic acids is 3. The van der Waals surface area contributed by atoms with Gasteiger partial charge in [-0.3, -0.25) is 24.0 Å². The van der Waals surface area contributed by atoms with E-state index in [1.165, 1.54) is 0 Å². The largest absolute Gasteiger partial charge is 0.481 e. The summed E-state index contributed by atoms with van der Waals surface area (Å²) in [5, 5.41) is 33.8. The van der Waals surface area contributed by atoms with E-state index in [2.05, 4.69) is 10.6 Å². The number of nitrogens with two attached hydrogens (primary N) is 1. The molecule has 0 spiro atoms. The fourth-order valence-electron chi connectivity index (χ4n) is 3.05. The Morgan fingerprint density at radius 2 is 1.15 bits per heavy atom. The Hall–Kier alpha value is -3.22. The summed E-state index contributed by atoms with van der Waals surface area (Å²) in [4.78, 5) is 71.1. The summed E-state index contributed by atoms with van der Waals surface area (Å²) in [6.07, 6.45) is -1.26. The molecule has 0 heterocycles. The van der Waals surface area contributed by atoms with Gasteiger partial charge in [0, 0.05) is 6.42 Å². The third-order valence-corrected chi connectivity index (χ3v) is 4.68. The van der Waals surface area contributed by atoms with Crippen molar-refractivity contribution in [3.63, 3.8) is 0 Å². The lowest BCUT2D eigenvalue weighted by molar-refractivity contribution is -0.147. The fourth-order valence-corrected chi connectivity index (χ4v) is 3.05. The summed E-state index contributed by atoms with van der Waals surface area (Å²) < 4.78 is 0. The van der Waals surface area contributed by atoms with Crippen LogP contribution in [0.1, 0.15) is 59.8 Å². The molecule has 0 bridgehead atoms. The van der Waals surface area contributed by atoms with E-state index < -0.39 is 72.6 Å². The highest BCUT2D eigenvalue weighted by molar-refractivity contribution is 5.94. The van der Waals surface area contributed by atoms with Crippen molar-refractivity contribution < 1.29 is 44.1 Å². The van der Waals surface area contributed by atoms with Crippen molar-refractivity contribution in [1.29, 1.82) is 0 Å². The zero-order valence-electron chi connectivity index (χ0n) is 19.9. The smallest absolute Gasteiger partial charge is 0.326 e. The van der Waals surface area contributed by atoms with Gasteiger partial charge in [0.05, 0.1) is 12.5 Å². The number of rotatable bonds is 16. The lowest BCUT2D eigenvalue weighted by Gasteiger charge is -2.26. The zero-order chi connectivity index (χ0) is 26.6. The molecule has 0 aliphatic carbocycles. The SMILES string of the molecule is CC(C)CC(N)C(=O)NC(CC(C)C)C(=O)NC(CCC(=O)O)C(=O)NC(CC(=O)O)C(=O)O. The molecule has 3 amide bonds. The predicted octanol–water partition coefficient (Wildman–Crippen LogP) is -0.716. The first-order chi connectivity index (χ1) is 15.6. The summed E-state index contributed by atoms with van der Waals surface area (Å²) in [6, 6.07) is -5.20. The van der Waals surface area contributed by atoms with E-state index in [4.69, 9.17) is 21.1 Å². The summed E-state index contributed by atoms with van der Waals surface area (Å²) in [7, 11) is 0. The fraction of sp³-hybridized carbons (Fsp3) is 0.714. The van der Waals surface area contributed by atoms with Crippen LogP contribution < -0.4 is 21.7 Å². The Bertz CT molecular complexity index is 755. The van der Waals surface area contributed by atoms with Gasteiger partial charge in [-0.1, -0.05) is 27.7 Å². The standard InChI is InChI=1S/C21H36N4O9/c1-10(2)7-12(22)18(30)24-14(8-11(3)4)20(32)23-13(5-6-16(26)27)19(31)25-15(21(33)34)9-17(28)29/h10-15H,5-9,22H2,1-4H3,(H,23,32)(H,24,30)(H,25,31)(H,26,27)(H,28,29)(H,33,34).